The summed E-state index contributed by atoms with van der Waals surface area (Å²) in [6.07, 6.45) is 11.8. The smallest absolute Gasteiger partial charge is 0.0599 e. The highest BCUT2D eigenvalue weighted by atomic mass is 16.5. The van der Waals surface area contributed by atoms with E-state index in [1.807, 2.05) is 14.2 Å². The molecule has 0 N–H and O–H groups in total. The molecular formula is C16H30O2. The summed E-state index contributed by atoms with van der Waals surface area (Å²) in [6, 6.07) is 0. The van der Waals surface area contributed by atoms with E-state index >= 15 is 0 Å². The zero-order valence-corrected chi connectivity index (χ0v) is 12.4. The molecule has 0 aromatic rings. The van der Waals surface area contributed by atoms with E-state index in [1.54, 1.807) is 0 Å². The zero-order chi connectivity index (χ0) is 13.0. The van der Waals surface area contributed by atoms with E-state index in [0.717, 1.165) is 17.8 Å². The van der Waals surface area contributed by atoms with Gasteiger partial charge < -0.3 is 9.47 Å². The highest BCUT2D eigenvalue weighted by Gasteiger charge is 2.30. The molecule has 106 valence electrons. The second-order valence-electron chi connectivity index (χ2n) is 6.56. The number of hydrogen-bond donors (Lipinski definition) is 0. The van der Waals surface area contributed by atoms with E-state index in [2.05, 4.69) is 6.92 Å². The van der Waals surface area contributed by atoms with E-state index in [9.17, 15) is 0 Å². The minimum Gasteiger partial charge on any atom is -0.381 e. The molecule has 2 heteroatoms. The molecule has 0 aliphatic heterocycles. The normalized spacial score (nSPS) is 41.8. The van der Waals surface area contributed by atoms with Crippen LogP contribution in [0.25, 0.3) is 0 Å². The van der Waals surface area contributed by atoms with Gasteiger partial charge in [-0.3, -0.25) is 0 Å². The highest BCUT2D eigenvalue weighted by molar-refractivity contribution is 4.82. The molecule has 0 bridgehead atoms. The van der Waals surface area contributed by atoms with E-state index in [4.69, 9.17) is 9.47 Å². The molecule has 0 radical (unpaired) electrons. The molecule has 0 aromatic heterocycles. The first-order chi connectivity index (χ1) is 8.72. The van der Waals surface area contributed by atoms with Gasteiger partial charge in [0.1, 0.15) is 0 Å². The molecule has 2 fully saturated rings. The number of hydrogen-bond acceptors (Lipinski definition) is 2. The minimum atomic E-state index is 0.505. The van der Waals surface area contributed by atoms with Crippen molar-refractivity contribution in [1.82, 2.24) is 0 Å². The van der Waals surface area contributed by atoms with E-state index in [-0.39, 0.29) is 0 Å². The van der Waals surface area contributed by atoms with Gasteiger partial charge in [-0.2, -0.15) is 0 Å². The Bertz CT molecular complexity index is 241. The topological polar surface area (TPSA) is 18.5 Å². The summed E-state index contributed by atoms with van der Waals surface area (Å²) in [7, 11) is 3.75. The molecule has 2 rings (SSSR count). The number of methoxy groups -OCH3 is 2. The van der Waals surface area contributed by atoms with Crippen LogP contribution < -0.4 is 0 Å². The minimum absolute atomic E-state index is 0.505. The van der Waals surface area contributed by atoms with Crippen LogP contribution in [0.1, 0.15) is 58.3 Å². The van der Waals surface area contributed by atoms with Crippen LogP contribution in [-0.2, 0) is 9.47 Å². The first-order valence-electron chi connectivity index (χ1n) is 7.78. The maximum Gasteiger partial charge on any atom is 0.0599 e. The SMILES string of the molecule is COC1CCCC(CC2CCC(C)C(OC)C2)C1. The monoisotopic (exact) mass is 254 g/mol. The Morgan fingerprint density at radius 1 is 0.889 bits per heavy atom. The van der Waals surface area contributed by atoms with E-state index in [1.165, 1.54) is 51.4 Å². The summed E-state index contributed by atoms with van der Waals surface area (Å²) in [5.41, 5.74) is 0. The average molecular weight is 254 g/mol. The van der Waals surface area contributed by atoms with Gasteiger partial charge in [0, 0.05) is 14.2 Å². The Morgan fingerprint density at radius 3 is 2.39 bits per heavy atom. The molecule has 2 saturated carbocycles. The van der Waals surface area contributed by atoms with Crippen molar-refractivity contribution >= 4 is 0 Å². The van der Waals surface area contributed by atoms with Crippen LogP contribution in [0.4, 0.5) is 0 Å². The Morgan fingerprint density at radius 2 is 1.67 bits per heavy atom. The fraction of sp³-hybridized carbons (Fsp3) is 1.00. The van der Waals surface area contributed by atoms with Gasteiger partial charge in [-0.05, 0) is 56.3 Å². The summed E-state index contributed by atoms with van der Waals surface area (Å²) < 4.78 is 11.2. The van der Waals surface area contributed by atoms with Crippen molar-refractivity contribution in [3.8, 4) is 0 Å². The Kier molecular flexibility index (Phi) is 5.50. The Labute approximate surface area is 112 Å². The van der Waals surface area contributed by atoms with Crippen LogP contribution in [0.2, 0.25) is 0 Å². The van der Waals surface area contributed by atoms with Crippen molar-refractivity contribution < 1.29 is 9.47 Å². The van der Waals surface area contributed by atoms with Crippen LogP contribution in [-0.4, -0.2) is 26.4 Å². The predicted molar refractivity (Wildman–Crippen MR) is 74.7 cm³/mol. The van der Waals surface area contributed by atoms with Gasteiger partial charge in [-0.15, -0.1) is 0 Å². The summed E-state index contributed by atoms with van der Waals surface area (Å²) in [5.74, 6) is 2.55. The van der Waals surface area contributed by atoms with E-state index in [0.29, 0.717) is 12.2 Å². The molecule has 0 amide bonds. The van der Waals surface area contributed by atoms with Gasteiger partial charge in [0.25, 0.3) is 0 Å². The number of rotatable bonds is 4. The molecular weight excluding hydrogens is 224 g/mol. The summed E-state index contributed by atoms with van der Waals surface area (Å²) in [4.78, 5) is 0. The van der Waals surface area contributed by atoms with Crippen LogP contribution in [0, 0.1) is 17.8 Å². The molecule has 2 aliphatic carbocycles. The van der Waals surface area contributed by atoms with Crippen LogP contribution in [0.3, 0.4) is 0 Å². The van der Waals surface area contributed by atoms with Crippen LogP contribution in [0.15, 0.2) is 0 Å². The lowest BCUT2D eigenvalue weighted by Gasteiger charge is -2.36. The van der Waals surface area contributed by atoms with Gasteiger partial charge in [-0.1, -0.05) is 19.8 Å². The summed E-state index contributed by atoms with van der Waals surface area (Å²) in [5, 5.41) is 0. The molecule has 0 spiro atoms. The average Bonchev–Trinajstić information content (AvgIpc) is 2.41. The van der Waals surface area contributed by atoms with E-state index < -0.39 is 0 Å². The van der Waals surface area contributed by atoms with Gasteiger partial charge >= 0.3 is 0 Å². The van der Waals surface area contributed by atoms with Gasteiger partial charge in [0.2, 0.25) is 0 Å². The predicted octanol–water partition coefficient (Wildman–Crippen LogP) is 4.03. The fourth-order valence-electron chi connectivity index (χ4n) is 4.05. The molecule has 18 heavy (non-hydrogen) atoms. The molecule has 5 atom stereocenters. The largest absolute Gasteiger partial charge is 0.381 e. The van der Waals surface area contributed by atoms with Crippen molar-refractivity contribution in [2.24, 2.45) is 17.8 Å². The highest BCUT2D eigenvalue weighted by Crippen LogP contribution is 2.38. The van der Waals surface area contributed by atoms with Crippen molar-refractivity contribution in [2.75, 3.05) is 14.2 Å². The summed E-state index contributed by atoms with van der Waals surface area (Å²) >= 11 is 0. The quantitative estimate of drug-likeness (QED) is 0.754. The van der Waals surface area contributed by atoms with Crippen LogP contribution >= 0.6 is 0 Å². The van der Waals surface area contributed by atoms with Crippen molar-refractivity contribution in [2.45, 2.75) is 70.5 Å². The lowest BCUT2D eigenvalue weighted by Crippen LogP contribution is -2.31. The first kappa shape index (κ1) is 14.3. The molecule has 2 nitrogen and oxygen atoms in total. The maximum atomic E-state index is 5.64. The second-order valence-corrected chi connectivity index (χ2v) is 6.56. The Balaban J connectivity index is 1.78. The third kappa shape index (κ3) is 3.71. The fourth-order valence-corrected chi connectivity index (χ4v) is 4.05. The second kappa shape index (κ2) is 6.91. The van der Waals surface area contributed by atoms with Gasteiger partial charge in [0.05, 0.1) is 12.2 Å². The molecule has 0 heterocycles. The van der Waals surface area contributed by atoms with Crippen LogP contribution in [0.5, 0.6) is 0 Å². The maximum absolute atomic E-state index is 5.64. The molecule has 0 aromatic carbocycles. The van der Waals surface area contributed by atoms with Gasteiger partial charge in [-0.25, -0.2) is 0 Å². The lowest BCUT2D eigenvalue weighted by molar-refractivity contribution is -0.000181. The third-order valence-corrected chi connectivity index (χ3v) is 5.27. The van der Waals surface area contributed by atoms with Crippen molar-refractivity contribution in [1.29, 1.82) is 0 Å². The zero-order valence-electron chi connectivity index (χ0n) is 12.4. The van der Waals surface area contributed by atoms with Gasteiger partial charge in [0.15, 0.2) is 0 Å². The molecule has 2 aliphatic rings. The molecule has 5 unspecified atom stereocenters. The molecule has 0 saturated heterocycles. The first-order valence-corrected chi connectivity index (χ1v) is 7.78. The standard InChI is InChI=1S/C16H30O2/c1-12-7-8-14(11-16(12)18-3)9-13-5-4-6-15(10-13)17-2/h12-16H,4-11H2,1-3H3. The summed E-state index contributed by atoms with van der Waals surface area (Å²) in [6.45, 7) is 2.34. The number of ether oxygens (including phenoxy) is 2. The Hall–Kier alpha value is -0.0800. The van der Waals surface area contributed by atoms with Crippen molar-refractivity contribution in [3.05, 3.63) is 0 Å². The third-order valence-electron chi connectivity index (χ3n) is 5.27. The van der Waals surface area contributed by atoms with Crippen molar-refractivity contribution in [3.63, 3.8) is 0 Å². The lowest BCUT2D eigenvalue weighted by atomic mass is 9.74.